The molecule has 0 radical (unpaired) electrons. The first-order chi connectivity index (χ1) is 13.8. The number of aromatic nitrogens is 5. The Kier molecular flexibility index (Phi) is 4.34. The molecule has 0 unspecified atom stereocenters. The van der Waals surface area contributed by atoms with Crippen molar-refractivity contribution in [2.45, 2.75) is 13.5 Å². The maximum Gasteiger partial charge on any atom is 0.332 e. The molecule has 9 nitrogen and oxygen atoms in total. The molecule has 0 aliphatic heterocycles. The van der Waals surface area contributed by atoms with Crippen LogP contribution in [-0.2, 0) is 6.54 Å². The van der Waals surface area contributed by atoms with Crippen LogP contribution in [0.2, 0.25) is 0 Å². The lowest BCUT2D eigenvalue weighted by Gasteiger charge is -2.04. The first-order valence-electron chi connectivity index (χ1n) is 8.39. The smallest absolute Gasteiger partial charge is 0.332 e. The van der Waals surface area contributed by atoms with Crippen LogP contribution in [0.25, 0.3) is 22.6 Å². The SMILES string of the molecule is Cc1nc(-c2nn(Cc3ccccc3F)c3ncc(F)cc23)nc(N)c1[N+](=O)[O-]. The Hall–Kier alpha value is -4.02. The van der Waals surface area contributed by atoms with E-state index in [0.29, 0.717) is 5.56 Å². The van der Waals surface area contributed by atoms with Gasteiger partial charge in [0.25, 0.3) is 0 Å². The zero-order chi connectivity index (χ0) is 20.7. The molecule has 0 aliphatic rings. The van der Waals surface area contributed by atoms with Crippen molar-refractivity contribution in [1.82, 2.24) is 24.7 Å². The van der Waals surface area contributed by atoms with Crippen LogP contribution in [0.5, 0.6) is 0 Å². The molecule has 11 heteroatoms. The second kappa shape index (κ2) is 6.86. The molecule has 0 spiro atoms. The molecule has 0 saturated heterocycles. The maximum absolute atomic E-state index is 14.1. The van der Waals surface area contributed by atoms with Crippen LogP contribution in [0, 0.1) is 28.7 Å². The maximum atomic E-state index is 14.1. The van der Waals surface area contributed by atoms with E-state index in [9.17, 15) is 18.9 Å². The topological polar surface area (TPSA) is 126 Å². The summed E-state index contributed by atoms with van der Waals surface area (Å²) in [7, 11) is 0. The van der Waals surface area contributed by atoms with Gasteiger partial charge < -0.3 is 5.73 Å². The first kappa shape index (κ1) is 18.3. The van der Waals surface area contributed by atoms with Gasteiger partial charge in [-0.2, -0.15) is 5.10 Å². The number of hydrogen-bond donors (Lipinski definition) is 1. The lowest BCUT2D eigenvalue weighted by molar-refractivity contribution is -0.385. The zero-order valence-electron chi connectivity index (χ0n) is 15.0. The highest BCUT2D eigenvalue weighted by atomic mass is 19.1. The number of fused-ring (bicyclic) bond motifs is 1. The van der Waals surface area contributed by atoms with Crippen molar-refractivity contribution in [3.05, 3.63) is 69.5 Å². The normalized spacial score (nSPS) is 11.1. The van der Waals surface area contributed by atoms with Crippen molar-refractivity contribution >= 4 is 22.5 Å². The summed E-state index contributed by atoms with van der Waals surface area (Å²) in [6.07, 6.45) is 1.02. The van der Waals surface area contributed by atoms with Gasteiger partial charge in [0, 0.05) is 5.56 Å². The van der Waals surface area contributed by atoms with Crippen LogP contribution in [0.15, 0.2) is 36.5 Å². The molecule has 4 rings (SSSR count). The molecule has 0 atom stereocenters. The van der Waals surface area contributed by atoms with Gasteiger partial charge in [0.1, 0.15) is 23.0 Å². The fourth-order valence-corrected chi connectivity index (χ4v) is 3.02. The van der Waals surface area contributed by atoms with Crippen molar-refractivity contribution in [2.24, 2.45) is 0 Å². The van der Waals surface area contributed by atoms with E-state index in [1.165, 1.54) is 23.7 Å². The number of hydrogen-bond acceptors (Lipinski definition) is 7. The summed E-state index contributed by atoms with van der Waals surface area (Å²) < 4.78 is 29.3. The van der Waals surface area contributed by atoms with E-state index in [4.69, 9.17) is 5.73 Å². The minimum atomic E-state index is -0.676. The van der Waals surface area contributed by atoms with Gasteiger partial charge in [0.2, 0.25) is 5.82 Å². The summed E-state index contributed by atoms with van der Waals surface area (Å²) in [4.78, 5) is 22.6. The number of halogens is 2. The summed E-state index contributed by atoms with van der Waals surface area (Å²) in [5.41, 5.74) is 6.12. The molecule has 0 bridgehead atoms. The van der Waals surface area contributed by atoms with E-state index >= 15 is 0 Å². The largest absolute Gasteiger partial charge is 0.378 e. The van der Waals surface area contributed by atoms with E-state index in [0.717, 1.165) is 6.20 Å². The molecule has 0 saturated carbocycles. The minimum Gasteiger partial charge on any atom is -0.378 e. The average Bonchev–Trinajstić information content (AvgIpc) is 3.00. The lowest BCUT2D eigenvalue weighted by atomic mass is 10.2. The van der Waals surface area contributed by atoms with Gasteiger partial charge in [0.15, 0.2) is 11.5 Å². The number of aryl methyl sites for hydroxylation is 1. The Morgan fingerprint density at radius 2 is 2.00 bits per heavy atom. The quantitative estimate of drug-likeness (QED) is 0.414. The monoisotopic (exact) mass is 397 g/mol. The Morgan fingerprint density at radius 3 is 2.69 bits per heavy atom. The van der Waals surface area contributed by atoms with Gasteiger partial charge in [-0.05, 0) is 19.1 Å². The van der Waals surface area contributed by atoms with Crippen molar-refractivity contribution in [3.63, 3.8) is 0 Å². The average molecular weight is 397 g/mol. The number of nitrogen functional groups attached to an aromatic ring is 1. The predicted octanol–water partition coefficient (Wildman–Crippen LogP) is 3.01. The molecule has 1 aromatic carbocycles. The summed E-state index contributed by atoms with van der Waals surface area (Å²) >= 11 is 0. The van der Waals surface area contributed by atoms with Crippen LogP contribution < -0.4 is 5.73 Å². The summed E-state index contributed by atoms with van der Waals surface area (Å²) in [5.74, 6) is -1.39. The van der Waals surface area contributed by atoms with Crippen molar-refractivity contribution in [2.75, 3.05) is 5.73 Å². The van der Waals surface area contributed by atoms with E-state index in [1.807, 2.05) is 0 Å². The van der Waals surface area contributed by atoms with Crippen LogP contribution in [0.1, 0.15) is 11.3 Å². The fourth-order valence-electron chi connectivity index (χ4n) is 3.02. The molecule has 146 valence electrons. The van der Waals surface area contributed by atoms with Crippen molar-refractivity contribution in [3.8, 4) is 11.5 Å². The Morgan fingerprint density at radius 1 is 1.24 bits per heavy atom. The zero-order valence-corrected chi connectivity index (χ0v) is 15.0. The van der Waals surface area contributed by atoms with Crippen molar-refractivity contribution < 1.29 is 13.7 Å². The third-order valence-electron chi connectivity index (χ3n) is 4.31. The van der Waals surface area contributed by atoms with Gasteiger partial charge in [-0.25, -0.2) is 28.4 Å². The predicted molar refractivity (Wildman–Crippen MR) is 99.8 cm³/mol. The van der Waals surface area contributed by atoms with Gasteiger partial charge in [0.05, 0.1) is 23.1 Å². The van der Waals surface area contributed by atoms with E-state index in [2.05, 4.69) is 20.1 Å². The number of anilines is 1. The standard InChI is InChI=1S/C18H13F2N7O2/c1-9-15(27(28)29)16(21)24-17(23-9)14-12-6-11(19)7-22-18(12)26(25-14)8-10-4-2-3-5-13(10)20/h2-7H,8H2,1H3,(H2,21,23,24). The number of nitro groups is 1. The molecular formula is C18H13F2N7O2. The van der Waals surface area contributed by atoms with Gasteiger partial charge in [-0.1, -0.05) is 18.2 Å². The van der Waals surface area contributed by atoms with E-state index in [-0.39, 0.29) is 40.6 Å². The molecule has 4 aromatic rings. The molecule has 0 fully saturated rings. The second-order valence-electron chi connectivity index (χ2n) is 6.25. The second-order valence-corrected chi connectivity index (χ2v) is 6.25. The van der Waals surface area contributed by atoms with Crippen LogP contribution in [-0.4, -0.2) is 29.7 Å². The Labute approximate surface area is 162 Å². The molecule has 0 aliphatic carbocycles. The number of benzene rings is 1. The molecule has 2 N–H and O–H groups in total. The van der Waals surface area contributed by atoms with Gasteiger partial charge >= 0.3 is 5.69 Å². The van der Waals surface area contributed by atoms with Crippen LogP contribution >= 0.6 is 0 Å². The van der Waals surface area contributed by atoms with Gasteiger partial charge in [-0.3, -0.25) is 10.1 Å². The minimum absolute atomic E-state index is 0.0183. The number of pyridine rings is 1. The Balaban J connectivity index is 1.91. The van der Waals surface area contributed by atoms with Crippen LogP contribution in [0.3, 0.4) is 0 Å². The van der Waals surface area contributed by atoms with E-state index in [1.54, 1.807) is 18.2 Å². The first-order valence-corrected chi connectivity index (χ1v) is 8.39. The highest BCUT2D eigenvalue weighted by molar-refractivity contribution is 5.89. The van der Waals surface area contributed by atoms with Gasteiger partial charge in [-0.15, -0.1) is 0 Å². The summed E-state index contributed by atoms with van der Waals surface area (Å²) in [6.45, 7) is 1.44. The molecule has 29 heavy (non-hydrogen) atoms. The summed E-state index contributed by atoms with van der Waals surface area (Å²) in [5, 5.41) is 15.8. The summed E-state index contributed by atoms with van der Waals surface area (Å²) in [6, 6.07) is 7.35. The van der Waals surface area contributed by atoms with Crippen molar-refractivity contribution in [1.29, 1.82) is 0 Å². The highest BCUT2D eigenvalue weighted by Gasteiger charge is 2.24. The number of nitrogens with zero attached hydrogens (tertiary/aromatic N) is 6. The number of nitrogens with two attached hydrogens (primary N) is 1. The number of rotatable bonds is 4. The highest BCUT2D eigenvalue weighted by Crippen LogP contribution is 2.30. The van der Waals surface area contributed by atoms with E-state index < -0.39 is 22.2 Å². The molecule has 0 amide bonds. The third-order valence-corrected chi connectivity index (χ3v) is 4.31. The Bertz CT molecular complexity index is 1250. The molecular weight excluding hydrogens is 384 g/mol. The van der Waals surface area contributed by atoms with Crippen LogP contribution in [0.4, 0.5) is 20.3 Å². The molecule has 3 aromatic heterocycles. The molecule has 3 heterocycles. The fraction of sp³-hybridized carbons (Fsp3) is 0.111. The lowest BCUT2D eigenvalue weighted by Crippen LogP contribution is -2.06. The third kappa shape index (κ3) is 3.22.